The maximum absolute atomic E-state index is 12.5. The van der Waals surface area contributed by atoms with Gasteiger partial charge in [0.15, 0.2) is 12.4 Å². The molecule has 0 saturated carbocycles. The number of amides is 1. The molecule has 0 spiro atoms. The molecule has 1 unspecified atom stereocenters. The Morgan fingerprint density at radius 3 is 2.44 bits per heavy atom. The van der Waals surface area contributed by atoms with Gasteiger partial charge in [-0.3, -0.25) is 4.79 Å². The first kappa shape index (κ1) is 21.7. The highest BCUT2D eigenvalue weighted by molar-refractivity contribution is 6.09. The maximum Gasteiger partial charge on any atom is 0.573 e. The predicted octanol–water partition coefficient (Wildman–Crippen LogP) is 3.78. The molecule has 0 bridgehead atoms. The van der Waals surface area contributed by atoms with Crippen LogP contribution in [0.2, 0.25) is 0 Å². The smallest absolute Gasteiger partial charge is 0.497 e. The largest absolute Gasteiger partial charge is 0.573 e. The lowest BCUT2D eigenvalue weighted by molar-refractivity contribution is -0.274. The van der Waals surface area contributed by atoms with Crippen molar-refractivity contribution in [1.82, 2.24) is 4.90 Å². The predicted molar refractivity (Wildman–Crippen MR) is 110 cm³/mol. The number of hydrogen-bond acceptors (Lipinski definition) is 6. The van der Waals surface area contributed by atoms with E-state index in [-0.39, 0.29) is 30.0 Å². The van der Waals surface area contributed by atoms with E-state index in [1.54, 1.807) is 12.0 Å². The summed E-state index contributed by atoms with van der Waals surface area (Å²) < 4.78 is 46.0. The molecule has 0 aliphatic carbocycles. The van der Waals surface area contributed by atoms with Gasteiger partial charge in [0.1, 0.15) is 11.5 Å². The number of likely N-dealkylation sites (tertiary alicyclic amines) is 1. The van der Waals surface area contributed by atoms with Crippen LogP contribution in [-0.4, -0.2) is 49.0 Å². The van der Waals surface area contributed by atoms with E-state index in [2.05, 4.69) is 14.9 Å². The average Bonchev–Trinajstić information content (AvgIpc) is 3.14. The van der Waals surface area contributed by atoms with Gasteiger partial charge in [0.05, 0.1) is 12.8 Å². The third-order valence-electron chi connectivity index (χ3n) is 5.18. The number of nitrogens with zero attached hydrogens (tertiary/aromatic N) is 3. The zero-order chi connectivity index (χ0) is 22.7. The summed E-state index contributed by atoms with van der Waals surface area (Å²) in [4.78, 5) is 24.1. The SMILES string of the molecule is COc1ccc(CN2CC(C3=NC(c4ccc(OC(F)(F)F)cc4)=NOC3)CC2=O)cc1. The first-order valence-corrected chi connectivity index (χ1v) is 9.85. The Morgan fingerprint density at radius 1 is 1.09 bits per heavy atom. The summed E-state index contributed by atoms with van der Waals surface area (Å²) in [5.41, 5.74) is 2.15. The van der Waals surface area contributed by atoms with Crippen molar-refractivity contribution >= 4 is 17.5 Å². The van der Waals surface area contributed by atoms with Crippen molar-refractivity contribution in [3.63, 3.8) is 0 Å². The number of amidine groups is 1. The van der Waals surface area contributed by atoms with Crippen LogP contribution >= 0.6 is 0 Å². The standard InChI is InChI=1S/C22H20F3N3O4/c1-30-17-6-2-14(3-7-17)11-28-12-16(10-20(28)29)19-13-31-27-21(26-19)15-4-8-18(9-5-15)32-22(23,24)25/h2-9,16H,10-13H2,1H3. The molecule has 2 aromatic carbocycles. The molecule has 10 heteroatoms. The van der Waals surface area contributed by atoms with Crippen molar-refractivity contribution in [2.24, 2.45) is 16.1 Å². The summed E-state index contributed by atoms with van der Waals surface area (Å²) in [6.45, 7) is 1.14. The molecule has 0 aromatic heterocycles. The van der Waals surface area contributed by atoms with Crippen LogP contribution in [0.1, 0.15) is 17.5 Å². The number of carbonyl (C=O) groups excluding carboxylic acids is 1. The number of oxime groups is 1. The minimum Gasteiger partial charge on any atom is -0.497 e. The fraction of sp³-hybridized carbons (Fsp3) is 0.318. The van der Waals surface area contributed by atoms with Crippen molar-refractivity contribution in [3.8, 4) is 11.5 Å². The molecule has 1 fully saturated rings. The Morgan fingerprint density at radius 2 is 1.78 bits per heavy atom. The first-order chi connectivity index (χ1) is 15.3. The lowest BCUT2D eigenvalue weighted by Gasteiger charge is -2.19. The molecule has 2 aromatic rings. The molecule has 1 amide bonds. The van der Waals surface area contributed by atoms with Gasteiger partial charge in [-0.2, -0.15) is 0 Å². The van der Waals surface area contributed by atoms with Gasteiger partial charge in [-0.1, -0.05) is 17.3 Å². The molecule has 4 rings (SSSR count). The number of carbonyl (C=O) groups is 1. The third-order valence-corrected chi connectivity index (χ3v) is 5.18. The Kier molecular flexibility index (Phi) is 6.02. The van der Waals surface area contributed by atoms with Crippen LogP contribution < -0.4 is 9.47 Å². The van der Waals surface area contributed by atoms with E-state index in [9.17, 15) is 18.0 Å². The number of alkyl halides is 3. The number of ether oxygens (including phenoxy) is 2. The number of rotatable bonds is 6. The van der Waals surface area contributed by atoms with Crippen molar-refractivity contribution in [2.45, 2.75) is 19.3 Å². The van der Waals surface area contributed by atoms with Crippen LogP contribution in [0.3, 0.4) is 0 Å². The van der Waals surface area contributed by atoms with E-state index < -0.39 is 6.36 Å². The zero-order valence-corrected chi connectivity index (χ0v) is 17.1. The van der Waals surface area contributed by atoms with Crippen LogP contribution in [0.4, 0.5) is 13.2 Å². The first-order valence-electron chi connectivity index (χ1n) is 9.85. The van der Waals surface area contributed by atoms with Gasteiger partial charge < -0.3 is 19.2 Å². The minimum absolute atomic E-state index is 0.0197. The van der Waals surface area contributed by atoms with E-state index in [0.717, 1.165) is 11.3 Å². The maximum atomic E-state index is 12.5. The van der Waals surface area contributed by atoms with Gasteiger partial charge >= 0.3 is 6.36 Å². The second-order valence-corrected chi connectivity index (χ2v) is 7.39. The molecule has 0 N–H and O–H groups in total. The normalized spacial score (nSPS) is 18.7. The van der Waals surface area contributed by atoms with Crippen molar-refractivity contribution in [3.05, 3.63) is 59.7 Å². The summed E-state index contributed by atoms with van der Waals surface area (Å²) in [6, 6.07) is 12.7. The van der Waals surface area contributed by atoms with Gasteiger partial charge in [-0.15, -0.1) is 13.2 Å². The Labute approximate surface area is 182 Å². The topological polar surface area (TPSA) is 72.7 Å². The van der Waals surface area contributed by atoms with Gasteiger partial charge in [-0.05, 0) is 42.0 Å². The van der Waals surface area contributed by atoms with E-state index in [0.29, 0.717) is 30.8 Å². The second kappa shape index (κ2) is 8.89. The molecule has 1 atom stereocenters. The molecule has 2 aliphatic rings. The Hall–Kier alpha value is -3.56. The van der Waals surface area contributed by atoms with Crippen LogP contribution in [0.15, 0.2) is 58.7 Å². The lowest BCUT2D eigenvalue weighted by atomic mass is 10.0. The number of aliphatic imine (C=N–C) groups is 1. The molecule has 7 nitrogen and oxygen atoms in total. The highest BCUT2D eigenvalue weighted by Crippen LogP contribution is 2.26. The van der Waals surface area contributed by atoms with Crippen molar-refractivity contribution in [1.29, 1.82) is 0 Å². The van der Waals surface area contributed by atoms with Crippen molar-refractivity contribution < 1.29 is 32.3 Å². The van der Waals surface area contributed by atoms with Crippen LogP contribution in [0.5, 0.6) is 11.5 Å². The lowest BCUT2D eigenvalue weighted by Crippen LogP contribution is -2.28. The van der Waals surface area contributed by atoms with Crippen LogP contribution in [0.25, 0.3) is 0 Å². The fourth-order valence-electron chi connectivity index (χ4n) is 3.58. The van der Waals surface area contributed by atoms with E-state index in [1.807, 2.05) is 24.3 Å². The highest BCUT2D eigenvalue weighted by Gasteiger charge is 2.34. The van der Waals surface area contributed by atoms with Crippen LogP contribution in [0, 0.1) is 5.92 Å². The van der Waals surface area contributed by atoms with Gasteiger partial charge in [-0.25, -0.2) is 4.99 Å². The molecule has 168 valence electrons. The van der Waals surface area contributed by atoms with E-state index in [1.165, 1.54) is 24.3 Å². The Bertz CT molecular complexity index is 1030. The molecular formula is C22H20F3N3O4. The molecular weight excluding hydrogens is 427 g/mol. The molecule has 32 heavy (non-hydrogen) atoms. The minimum atomic E-state index is -4.76. The number of benzene rings is 2. The number of hydrogen-bond donors (Lipinski definition) is 0. The number of methoxy groups -OCH3 is 1. The summed E-state index contributed by atoms with van der Waals surface area (Å²) in [5.74, 6) is 0.549. The molecule has 2 heterocycles. The average molecular weight is 447 g/mol. The summed E-state index contributed by atoms with van der Waals surface area (Å²) in [7, 11) is 1.60. The monoisotopic (exact) mass is 447 g/mol. The summed E-state index contributed by atoms with van der Waals surface area (Å²) in [6.07, 6.45) is -4.45. The molecule has 1 saturated heterocycles. The quantitative estimate of drug-likeness (QED) is 0.676. The summed E-state index contributed by atoms with van der Waals surface area (Å²) >= 11 is 0. The van der Waals surface area contributed by atoms with Gasteiger partial charge in [0.25, 0.3) is 0 Å². The summed E-state index contributed by atoms with van der Waals surface area (Å²) in [5, 5.41) is 3.90. The van der Waals surface area contributed by atoms with E-state index >= 15 is 0 Å². The number of halogens is 3. The molecule has 0 radical (unpaired) electrons. The van der Waals surface area contributed by atoms with Crippen LogP contribution in [-0.2, 0) is 16.2 Å². The van der Waals surface area contributed by atoms with Crippen molar-refractivity contribution in [2.75, 3.05) is 20.3 Å². The Balaban J connectivity index is 1.42. The molecule has 2 aliphatic heterocycles. The fourth-order valence-corrected chi connectivity index (χ4v) is 3.58. The second-order valence-electron chi connectivity index (χ2n) is 7.39. The highest BCUT2D eigenvalue weighted by atomic mass is 19.4. The van der Waals surface area contributed by atoms with Gasteiger partial charge in [0, 0.05) is 31.0 Å². The van der Waals surface area contributed by atoms with Gasteiger partial charge in [0.2, 0.25) is 5.91 Å². The zero-order valence-electron chi connectivity index (χ0n) is 17.1. The third kappa shape index (κ3) is 5.19. The van der Waals surface area contributed by atoms with E-state index in [4.69, 9.17) is 9.57 Å².